The van der Waals surface area contributed by atoms with E-state index in [1.54, 1.807) is 31.2 Å². The standard InChI is InChI=1S/C13H17N3O3/c1-2-11(14)10(8-12(17)16-19)13(18)15-9-6-4-3-5-7-9/h3-7,10,14,19H,2,8H2,1H3,(H,15,18)(H,16,17). The van der Waals surface area contributed by atoms with Gasteiger partial charge in [-0.15, -0.1) is 0 Å². The summed E-state index contributed by atoms with van der Waals surface area (Å²) >= 11 is 0. The van der Waals surface area contributed by atoms with Crippen LogP contribution in [-0.4, -0.2) is 22.7 Å². The van der Waals surface area contributed by atoms with Gasteiger partial charge in [0.15, 0.2) is 0 Å². The van der Waals surface area contributed by atoms with E-state index in [1.807, 2.05) is 6.07 Å². The maximum absolute atomic E-state index is 12.1. The Kier molecular flexibility index (Phi) is 5.69. The Labute approximate surface area is 111 Å². The molecular formula is C13H17N3O3. The lowest BCUT2D eigenvalue weighted by Gasteiger charge is -2.16. The predicted octanol–water partition coefficient (Wildman–Crippen LogP) is 1.57. The molecule has 1 atom stereocenters. The van der Waals surface area contributed by atoms with Crippen LogP contribution in [0.25, 0.3) is 0 Å². The highest BCUT2D eigenvalue weighted by Gasteiger charge is 2.25. The summed E-state index contributed by atoms with van der Waals surface area (Å²) in [5.74, 6) is -1.99. The Morgan fingerprint density at radius 1 is 1.32 bits per heavy atom. The van der Waals surface area contributed by atoms with Crippen molar-refractivity contribution in [2.75, 3.05) is 5.32 Å². The lowest BCUT2D eigenvalue weighted by Crippen LogP contribution is -2.34. The normalized spacial score (nSPS) is 11.5. The number of carbonyl (C=O) groups excluding carboxylic acids is 2. The number of amides is 2. The molecule has 0 aliphatic rings. The molecule has 0 bridgehead atoms. The number of hydrogen-bond donors (Lipinski definition) is 4. The van der Waals surface area contributed by atoms with E-state index < -0.39 is 17.7 Å². The Bertz CT molecular complexity index is 459. The summed E-state index contributed by atoms with van der Waals surface area (Å²) in [4.78, 5) is 23.2. The van der Waals surface area contributed by atoms with Gasteiger partial charge in [-0.2, -0.15) is 0 Å². The van der Waals surface area contributed by atoms with Crippen molar-refractivity contribution >= 4 is 23.2 Å². The lowest BCUT2D eigenvalue weighted by atomic mass is 9.96. The molecule has 1 aromatic rings. The Morgan fingerprint density at radius 2 is 1.95 bits per heavy atom. The summed E-state index contributed by atoms with van der Waals surface area (Å²) < 4.78 is 0. The van der Waals surface area contributed by atoms with Crippen LogP contribution in [0.4, 0.5) is 5.69 Å². The Morgan fingerprint density at radius 3 is 2.47 bits per heavy atom. The SMILES string of the molecule is CCC(=N)C(CC(=O)NO)C(=O)Nc1ccccc1. The average molecular weight is 263 g/mol. The monoisotopic (exact) mass is 263 g/mol. The fourth-order valence-electron chi connectivity index (χ4n) is 1.60. The highest BCUT2D eigenvalue weighted by Crippen LogP contribution is 2.13. The molecule has 1 unspecified atom stereocenters. The van der Waals surface area contributed by atoms with Gasteiger partial charge in [0.25, 0.3) is 0 Å². The number of carbonyl (C=O) groups is 2. The van der Waals surface area contributed by atoms with Crippen LogP contribution in [-0.2, 0) is 9.59 Å². The van der Waals surface area contributed by atoms with E-state index in [9.17, 15) is 9.59 Å². The molecule has 102 valence electrons. The highest BCUT2D eigenvalue weighted by molar-refractivity contribution is 6.10. The van der Waals surface area contributed by atoms with E-state index in [0.717, 1.165) is 0 Å². The van der Waals surface area contributed by atoms with Crippen LogP contribution in [0.1, 0.15) is 19.8 Å². The van der Waals surface area contributed by atoms with Crippen LogP contribution >= 0.6 is 0 Å². The van der Waals surface area contributed by atoms with Crippen molar-refractivity contribution in [2.24, 2.45) is 5.92 Å². The maximum Gasteiger partial charge on any atom is 0.244 e. The molecule has 6 heteroatoms. The van der Waals surface area contributed by atoms with Crippen molar-refractivity contribution in [3.63, 3.8) is 0 Å². The molecule has 0 aliphatic carbocycles. The van der Waals surface area contributed by atoms with Crippen molar-refractivity contribution in [3.8, 4) is 0 Å². The van der Waals surface area contributed by atoms with Gasteiger partial charge in [-0.25, -0.2) is 5.48 Å². The zero-order valence-electron chi connectivity index (χ0n) is 10.6. The van der Waals surface area contributed by atoms with Gasteiger partial charge in [0.1, 0.15) is 0 Å². The second-order valence-electron chi connectivity index (χ2n) is 4.03. The summed E-state index contributed by atoms with van der Waals surface area (Å²) in [6, 6.07) is 8.81. The van der Waals surface area contributed by atoms with Crippen molar-refractivity contribution in [1.82, 2.24) is 5.48 Å². The Hall–Kier alpha value is -2.21. The third kappa shape index (κ3) is 4.51. The molecule has 6 nitrogen and oxygen atoms in total. The quantitative estimate of drug-likeness (QED) is 0.356. The summed E-state index contributed by atoms with van der Waals surface area (Å²) in [7, 11) is 0. The van der Waals surface area contributed by atoms with Crippen LogP contribution in [0.15, 0.2) is 30.3 Å². The van der Waals surface area contributed by atoms with E-state index >= 15 is 0 Å². The summed E-state index contributed by atoms with van der Waals surface area (Å²) in [6.07, 6.45) is 0.118. The van der Waals surface area contributed by atoms with E-state index in [0.29, 0.717) is 12.1 Å². The second kappa shape index (κ2) is 7.27. The van der Waals surface area contributed by atoms with Gasteiger partial charge in [-0.05, 0) is 18.6 Å². The zero-order valence-corrected chi connectivity index (χ0v) is 10.6. The first kappa shape index (κ1) is 14.8. The molecule has 4 N–H and O–H groups in total. The largest absolute Gasteiger partial charge is 0.326 e. The molecular weight excluding hydrogens is 246 g/mol. The first-order valence-electron chi connectivity index (χ1n) is 5.94. The molecule has 1 rings (SSSR count). The van der Waals surface area contributed by atoms with E-state index in [2.05, 4.69) is 5.32 Å². The molecule has 0 saturated heterocycles. The van der Waals surface area contributed by atoms with E-state index in [4.69, 9.17) is 10.6 Å². The second-order valence-corrected chi connectivity index (χ2v) is 4.03. The minimum absolute atomic E-state index is 0.150. The molecule has 0 aliphatic heterocycles. The number of anilines is 1. The van der Waals surface area contributed by atoms with Gasteiger partial charge in [-0.1, -0.05) is 25.1 Å². The number of nitrogens with one attached hydrogen (secondary N) is 3. The van der Waals surface area contributed by atoms with Crippen LogP contribution in [0.5, 0.6) is 0 Å². The molecule has 0 fully saturated rings. The number of rotatable bonds is 6. The van der Waals surface area contributed by atoms with Crippen molar-refractivity contribution in [2.45, 2.75) is 19.8 Å². The minimum Gasteiger partial charge on any atom is -0.326 e. The molecule has 0 radical (unpaired) electrons. The van der Waals surface area contributed by atoms with Crippen molar-refractivity contribution in [3.05, 3.63) is 30.3 Å². The van der Waals surface area contributed by atoms with Crippen LogP contribution in [0.3, 0.4) is 0 Å². The molecule has 0 aromatic heterocycles. The summed E-state index contributed by atoms with van der Waals surface area (Å²) in [5.41, 5.74) is 2.23. The number of hydroxylamine groups is 1. The number of benzene rings is 1. The first-order valence-corrected chi connectivity index (χ1v) is 5.94. The molecule has 1 aromatic carbocycles. The van der Waals surface area contributed by atoms with Crippen LogP contribution in [0.2, 0.25) is 0 Å². The predicted molar refractivity (Wildman–Crippen MR) is 71.1 cm³/mol. The maximum atomic E-state index is 12.1. The third-order valence-electron chi connectivity index (χ3n) is 2.67. The highest BCUT2D eigenvalue weighted by atomic mass is 16.5. The van der Waals surface area contributed by atoms with Crippen LogP contribution < -0.4 is 10.8 Å². The van der Waals surface area contributed by atoms with Gasteiger partial charge in [0, 0.05) is 17.8 Å². The van der Waals surface area contributed by atoms with Gasteiger partial charge in [0.2, 0.25) is 11.8 Å². The van der Waals surface area contributed by atoms with Gasteiger partial charge in [-0.3, -0.25) is 14.8 Å². The molecule has 2 amide bonds. The van der Waals surface area contributed by atoms with Gasteiger partial charge >= 0.3 is 0 Å². The average Bonchev–Trinajstić information content (AvgIpc) is 2.44. The van der Waals surface area contributed by atoms with Crippen molar-refractivity contribution in [1.29, 1.82) is 5.41 Å². The fraction of sp³-hybridized carbons (Fsp3) is 0.308. The lowest BCUT2D eigenvalue weighted by molar-refractivity contribution is -0.132. The van der Waals surface area contributed by atoms with E-state index in [1.165, 1.54) is 5.48 Å². The molecule has 19 heavy (non-hydrogen) atoms. The van der Waals surface area contributed by atoms with E-state index in [-0.39, 0.29) is 12.1 Å². The smallest absolute Gasteiger partial charge is 0.244 e. The minimum atomic E-state index is -0.877. The van der Waals surface area contributed by atoms with Gasteiger partial charge < -0.3 is 10.7 Å². The number of hydrogen-bond acceptors (Lipinski definition) is 4. The zero-order chi connectivity index (χ0) is 14.3. The van der Waals surface area contributed by atoms with Crippen molar-refractivity contribution < 1.29 is 14.8 Å². The fourth-order valence-corrected chi connectivity index (χ4v) is 1.60. The first-order chi connectivity index (χ1) is 9.08. The third-order valence-corrected chi connectivity index (χ3v) is 2.67. The Balaban J connectivity index is 2.77. The molecule has 0 spiro atoms. The molecule has 0 heterocycles. The summed E-state index contributed by atoms with van der Waals surface area (Å²) in [5, 5.41) is 18.9. The summed E-state index contributed by atoms with van der Waals surface area (Å²) in [6.45, 7) is 1.74. The van der Waals surface area contributed by atoms with Crippen LogP contribution in [0, 0.1) is 11.3 Å². The number of para-hydroxylation sites is 1. The topological polar surface area (TPSA) is 102 Å². The van der Waals surface area contributed by atoms with Gasteiger partial charge in [0.05, 0.1) is 5.92 Å². The molecule has 0 saturated carbocycles.